The fraction of sp³-hybridized carbons (Fsp3) is 0.286. The number of amides is 1. The molecule has 2 fully saturated rings. The van der Waals surface area contributed by atoms with Crippen molar-refractivity contribution in [1.29, 1.82) is 0 Å². The van der Waals surface area contributed by atoms with Gasteiger partial charge in [0.2, 0.25) is 0 Å². The lowest BCUT2D eigenvalue weighted by Crippen LogP contribution is -2.25. The zero-order valence-corrected chi connectivity index (χ0v) is 17.4. The molecule has 1 aromatic carbocycles. The van der Waals surface area contributed by atoms with E-state index < -0.39 is 11.5 Å². The maximum absolute atomic E-state index is 12.8. The molecule has 3 aromatic rings. The van der Waals surface area contributed by atoms with Gasteiger partial charge in [-0.1, -0.05) is 0 Å². The number of H-pyrrole nitrogens is 1. The lowest BCUT2D eigenvalue weighted by atomic mass is 10.1. The van der Waals surface area contributed by atoms with Crippen LogP contribution in [0.4, 0.5) is 20.3 Å². The molecule has 166 valence electrons. The molecular formula is C21H18ClF2N5O3. The average molecular weight is 462 g/mol. The second-order valence-corrected chi connectivity index (χ2v) is 8.18. The topological polar surface area (TPSA) is 95.7 Å². The van der Waals surface area contributed by atoms with Crippen molar-refractivity contribution in [3.8, 4) is 17.0 Å². The van der Waals surface area contributed by atoms with E-state index >= 15 is 0 Å². The summed E-state index contributed by atoms with van der Waals surface area (Å²) in [6, 6.07) is 9.00. The third-order valence-electron chi connectivity index (χ3n) is 5.43. The van der Waals surface area contributed by atoms with Crippen molar-refractivity contribution in [2.45, 2.75) is 17.6 Å². The number of aromatic nitrogens is 3. The summed E-state index contributed by atoms with van der Waals surface area (Å²) >= 11 is 4.76. The lowest BCUT2D eigenvalue weighted by Gasteiger charge is -2.20. The number of hydrogen-bond acceptors (Lipinski definition) is 6. The van der Waals surface area contributed by atoms with E-state index in [1.807, 2.05) is 6.07 Å². The highest BCUT2D eigenvalue weighted by molar-refractivity contribution is 6.20. The SMILES string of the molecule is O=C(Nc1ccc(OC(F)(F)Cl)cc1)c1cnc(N2CCC3(CO3)C2)c(-c2ccn[nH]2)c1. The van der Waals surface area contributed by atoms with Crippen molar-refractivity contribution in [3.05, 3.63) is 54.4 Å². The van der Waals surface area contributed by atoms with Gasteiger partial charge in [0.25, 0.3) is 5.91 Å². The number of rotatable bonds is 6. The highest BCUT2D eigenvalue weighted by atomic mass is 35.5. The molecule has 4 heterocycles. The number of ether oxygens (including phenoxy) is 2. The lowest BCUT2D eigenvalue weighted by molar-refractivity contribution is -0.0964. The molecule has 5 rings (SSSR count). The van der Waals surface area contributed by atoms with Crippen molar-refractivity contribution in [3.63, 3.8) is 0 Å². The highest BCUT2D eigenvalue weighted by Crippen LogP contribution is 2.40. The van der Waals surface area contributed by atoms with Gasteiger partial charge >= 0.3 is 5.57 Å². The summed E-state index contributed by atoms with van der Waals surface area (Å²) in [5.74, 6) is 0.227. The second kappa shape index (κ2) is 7.72. The Morgan fingerprint density at radius 3 is 2.72 bits per heavy atom. The van der Waals surface area contributed by atoms with Gasteiger partial charge in [0.1, 0.15) is 17.2 Å². The Bertz CT molecular complexity index is 1130. The molecule has 0 aliphatic carbocycles. The predicted molar refractivity (Wildman–Crippen MR) is 113 cm³/mol. The van der Waals surface area contributed by atoms with Crippen LogP contribution in [-0.4, -0.2) is 52.0 Å². The van der Waals surface area contributed by atoms with E-state index in [1.165, 1.54) is 30.5 Å². The molecule has 0 saturated carbocycles. The molecule has 2 aliphatic rings. The Kier molecular flexibility index (Phi) is 4.98. The number of carbonyl (C=O) groups excluding carboxylic acids is 1. The van der Waals surface area contributed by atoms with Crippen LogP contribution < -0.4 is 15.0 Å². The summed E-state index contributed by atoms with van der Waals surface area (Å²) in [5, 5.41) is 9.66. The van der Waals surface area contributed by atoms with Gasteiger partial charge in [0.15, 0.2) is 0 Å². The number of carbonyl (C=O) groups is 1. The van der Waals surface area contributed by atoms with Crippen LogP contribution in [0, 0.1) is 0 Å². The molecule has 0 radical (unpaired) electrons. The first-order valence-corrected chi connectivity index (χ1v) is 10.2. The third-order valence-corrected chi connectivity index (χ3v) is 5.51. The zero-order chi connectivity index (χ0) is 22.3. The first-order chi connectivity index (χ1) is 15.3. The molecule has 1 atom stereocenters. The maximum Gasteiger partial charge on any atom is 0.487 e. The molecular weight excluding hydrogens is 444 g/mol. The molecule has 8 nitrogen and oxygen atoms in total. The maximum atomic E-state index is 12.8. The quantitative estimate of drug-likeness (QED) is 0.427. The summed E-state index contributed by atoms with van der Waals surface area (Å²) in [6.45, 7) is 2.33. The molecule has 2 aliphatic heterocycles. The largest absolute Gasteiger partial charge is 0.487 e. The van der Waals surface area contributed by atoms with Crippen LogP contribution in [0.25, 0.3) is 11.3 Å². The van der Waals surface area contributed by atoms with E-state index in [2.05, 4.69) is 30.1 Å². The summed E-state index contributed by atoms with van der Waals surface area (Å²) in [5.41, 5.74) is -1.64. The minimum Gasteiger partial charge on any atom is -0.420 e. The predicted octanol–water partition coefficient (Wildman–Crippen LogP) is 3.87. The van der Waals surface area contributed by atoms with Crippen molar-refractivity contribution in [2.24, 2.45) is 0 Å². The second-order valence-electron chi connectivity index (χ2n) is 7.74. The first kappa shape index (κ1) is 20.7. The number of halogens is 3. The standard InChI is InChI=1S/C21H18ClF2N5O3/c22-21(23,24)32-15-3-1-14(2-4-15)27-19(30)13-9-16(17-5-7-26-28-17)18(25-10-13)29-8-6-20(11-29)12-31-20/h1-5,7,9-10H,6,8,11-12H2,(H,26,28)(H,27,30). The number of nitrogens with zero attached hydrogens (tertiary/aromatic N) is 3. The van der Waals surface area contributed by atoms with Gasteiger partial charge in [-0.05, 0) is 42.8 Å². The monoisotopic (exact) mass is 461 g/mol. The number of aromatic amines is 1. The van der Waals surface area contributed by atoms with E-state index in [0.717, 1.165) is 43.2 Å². The number of alkyl halides is 3. The number of epoxide rings is 1. The number of benzene rings is 1. The van der Waals surface area contributed by atoms with Crippen molar-refractivity contribution >= 4 is 29.0 Å². The fourth-order valence-corrected chi connectivity index (χ4v) is 3.83. The third kappa shape index (κ3) is 4.37. The fourth-order valence-electron chi connectivity index (χ4n) is 3.74. The van der Waals surface area contributed by atoms with Gasteiger partial charge < -0.3 is 19.7 Å². The summed E-state index contributed by atoms with van der Waals surface area (Å²) in [7, 11) is 0. The molecule has 1 spiro atoms. The molecule has 0 bridgehead atoms. The van der Waals surface area contributed by atoms with Crippen LogP contribution in [0.1, 0.15) is 16.8 Å². The molecule has 1 unspecified atom stereocenters. The van der Waals surface area contributed by atoms with E-state index in [-0.39, 0.29) is 11.4 Å². The number of nitrogens with one attached hydrogen (secondary N) is 2. The summed E-state index contributed by atoms with van der Waals surface area (Å²) < 4.78 is 35.3. The van der Waals surface area contributed by atoms with Crippen LogP contribution in [-0.2, 0) is 4.74 Å². The van der Waals surface area contributed by atoms with E-state index in [0.29, 0.717) is 11.3 Å². The summed E-state index contributed by atoms with van der Waals surface area (Å²) in [6.07, 6.45) is 4.08. The van der Waals surface area contributed by atoms with Crippen LogP contribution in [0.2, 0.25) is 0 Å². The Morgan fingerprint density at radius 1 is 1.31 bits per heavy atom. The van der Waals surface area contributed by atoms with Crippen LogP contribution in [0.3, 0.4) is 0 Å². The minimum absolute atomic E-state index is 0.0632. The first-order valence-electron chi connectivity index (χ1n) is 9.86. The van der Waals surface area contributed by atoms with E-state index in [4.69, 9.17) is 16.3 Å². The van der Waals surface area contributed by atoms with Crippen molar-refractivity contribution in [1.82, 2.24) is 15.2 Å². The molecule has 1 amide bonds. The van der Waals surface area contributed by atoms with Gasteiger partial charge in [-0.15, -0.1) is 8.78 Å². The molecule has 2 saturated heterocycles. The van der Waals surface area contributed by atoms with Gasteiger partial charge in [0, 0.05) is 41.8 Å². The Balaban J connectivity index is 1.36. The van der Waals surface area contributed by atoms with Crippen LogP contribution in [0.5, 0.6) is 5.75 Å². The summed E-state index contributed by atoms with van der Waals surface area (Å²) in [4.78, 5) is 19.5. The van der Waals surface area contributed by atoms with Crippen molar-refractivity contribution in [2.75, 3.05) is 29.9 Å². The van der Waals surface area contributed by atoms with E-state index in [1.54, 1.807) is 12.3 Å². The number of hydrogen-bond donors (Lipinski definition) is 2. The van der Waals surface area contributed by atoms with Crippen LogP contribution >= 0.6 is 11.6 Å². The van der Waals surface area contributed by atoms with Crippen molar-refractivity contribution < 1.29 is 23.0 Å². The van der Waals surface area contributed by atoms with Gasteiger partial charge in [0.05, 0.1) is 24.4 Å². The van der Waals surface area contributed by atoms with Gasteiger partial charge in [-0.3, -0.25) is 9.89 Å². The smallest absolute Gasteiger partial charge is 0.420 e. The Hall–Kier alpha value is -3.24. The van der Waals surface area contributed by atoms with E-state index in [9.17, 15) is 13.6 Å². The number of anilines is 2. The minimum atomic E-state index is -3.80. The Labute approximate surface area is 186 Å². The normalized spacial score (nSPS) is 19.9. The average Bonchev–Trinajstić information content (AvgIpc) is 3.14. The highest BCUT2D eigenvalue weighted by Gasteiger charge is 2.50. The molecule has 32 heavy (non-hydrogen) atoms. The zero-order valence-electron chi connectivity index (χ0n) is 16.6. The van der Waals surface area contributed by atoms with Gasteiger partial charge in [-0.25, -0.2) is 4.98 Å². The molecule has 2 aromatic heterocycles. The number of pyridine rings is 1. The molecule has 2 N–H and O–H groups in total. The van der Waals surface area contributed by atoms with Gasteiger partial charge in [-0.2, -0.15) is 5.10 Å². The molecule has 11 heteroatoms. The van der Waals surface area contributed by atoms with Crippen LogP contribution in [0.15, 0.2) is 48.8 Å². The Morgan fingerprint density at radius 2 is 2.09 bits per heavy atom.